The molecule has 5 nitrogen and oxygen atoms in total. The first-order chi connectivity index (χ1) is 9.70. The number of nitrogens with one attached hydrogen (secondary N) is 1. The molecule has 1 saturated heterocycles. The lowest BCUT2D eigenvalue weighted by molar-refractivity contribution is -0.148. The molecule has 108 valence electrons. The van der Waals surface area contributed by atoms with E-state index in [0.717, 1.165) is 5.56 Å². The van der Waals surface area contributed by atoms with Crippen molar-refractivity contribution in [1.82, 2.24) is 5.32 Å². The summed E-state index contributed by atoms with van der Waals surface area (Å²) in [5, 5.41) is 3.01. The Labute approximate surface area is 118 Å². The van der Waals surface area contributed by atoms with E-state index < -0.39 is 6.04 Å². The highest BCUT2D eigenvalue weighted by molar-refractivity contribution is 5.79. The van der Waals surface area contributed by atoms with E-state index in [0.29, 0.717) is 19.6 Å². The van der Waals surface area contributed by atoms with Crippen molar-refractivity contribution in [2.24, 2.45) is 5.92 Å². The van der Waals surface area contributed by atoms with Gasteiger partial charge in [-0.25, -0.2) is 0 Å². The van der Waals surface area contributed by atoms with Crippen molar-refractivity contribution < 1.29 is 19.1 Å². The molecule has 5 heteroatoms. The molecule has 0 unspecified atom stereocenters. The molecule has 1 fully saturated rings. The van der Waals surface area contributed by atoms with E-state index in [4.69, 9.17) is 9.47 Å². The van der Waals surface area contributed by atoms with Crippen LogP contribution in [0.25, 0.3) is 0 Å². The summed E-state index contributed by atoms with van der Waals surface area (Å²) in [6, 6.07) is 9.08. The van der Waals surface area contributed by atoms with Crippen LogP contribution in [0.5, 0.6) is 0 Å². The fourth-order valence-electron chi connectivity index (χ4n) is 2.18. The Morgan fingerprint density at radius 2 is 1.95 bits per heavy atom. The summed E-state index contributed by atoms with van der Waals surface area (Å²) in [6.07, 6.45) is 0.437. The average Bonchev–Trinajstić information content (AvgIpc) is 2.96. The van der Waals surface area contributed by atoms with Gasteiger partial charge >= 0.3 is 11.9 Å². The van der Waals surface area contributed by atoms with Crippen LogP contribution >= 0.6 is 0 Å². The van der Waals surface area contributed by atoms with Crippen molar-refractivity contribution in [1.29, 1.82) is 0 Å². The van der Waals surface area contributed by atoms with Crippen LogP contribution in [-0.2, 0) is 25.7 Å². The molecule has 0 bridgehead atoms. The van der Waals surface area contributed by atoms with E-state index in [1.165, 1.54) is 0 Å². The van der Waals surface area contributed by atoms with E-state index in [2.05, 4.69) is 5.32 Å². The predicted molar refractivity (Wildman–Crippen MR) is 72.8 cm³/mol. The Bertz CT molecular complexity index is 460. The first-order valence-corrected chi connectivity index (χ1v) is 6.81. The molecule has 1 aliphatic heterocycles. The summed E-state index contributed by atoms with van der Waals surface area (Å²) in [7, 11) is 0. The topological polar surface area (TPSA) is 64.6 Å². The minimum absolute atomic E-state index is 0.252. The van der Waals surface area contributed by atoms with Gasteiger partial charge in [-0.1, -0.05) is 30.3 Å². The van der Waals surface area contributed by atoms with E-state index in [1.807, 2.05) is 30.3 Å². The quantitative estimate of drug-likeness (QED) is 0.821. The largest absolute Gasteiger partial charge is 0.466 e. The first kappa shape index (κ1) is 14.5. The van der Waals surface area contributed by atoms with Crippen molar-refractivity contribution in [3.05, 3.63) is 35.9 Å². The molecule has 0 saturated carbocycles. The smallest absolute Gasteiger partial charge is 0.323 e. The third-order valence-electron chi connectivity index (χ3n) is 3.26. The third kappa shape index (κ3) is 3.81. The monoisotopic (exact) mass is 277 g/mol. The first-order valence-electron chi connectivity index (χ1n) is 6.81. The number of hydrogen-bond donors (Lipinski definition) is 1. The Balaban J connectivity index is 1.78. The van der Waals surface area contributed by atoms with Gasteiger partial charge in [0.1, 0.15) is 12.6 Å². The van der Waals surface area contributed by atoms with E-state index >= 15 is 0 Å². The molecule has 0 amide bonds. The van der Waals surface area contributed by atoms with Gasteiger partial charge in [0.05, 0.1) is 12.5 Å². The summed E-state index contributed by atoms with van der Waals surface area (Å²) in [6.45, 7) is 2.84. The van der Waals surface area contributed by atoms with Crippen LogP contribution in [0.3, 0.4) is 0 Å². The molecule has 1 aromatic rings. The van der Waals surface area contributed by atoms with Gasteiger partial charge in [0.25, 0.3) is 0 Å². The van der Waals surface area contributed by atoms with Crippen molar-refractivity contribution >= 4 is 11.9 Å². The average molecular weight is 277 g/mol. The molecule has 20 heavy (non-hydrogen) atoms. The number of esters is 2. The summed E-state index contributed by atoms with van der Waals surface area (Å²) in [4.78, 5) is 23.5. The van der Waals surface area contributed by atoms with Crippen LogP contribution in [0.1, 0.15) is 18.9 Å². The number of ether oxygens (including phenoxy) is 2. The molecule has 2 atom stereocenters. The number of carbonyl (C=O) groups excluding carboxylic acids is 2. The molecule has 0 spiro atoms. The Morgan fingerprint density at radius 1 is 1.20 bits per heavy atom. The fraction of sp³-hybridized carbons (Fsp3) is 0.467. The highest BCUT2D eigenvalue weighted by Crippen LogP contribution is 2.17. The van der Waals surface area contributed by atoms with E-state index in [-0.39, 0.29) is 24.5 Å². The second-order valence-corrected chi connectivity index (χ2v) is 4.74. The van der Waals surface area contributed by atoms with Gasteiger partial charge in [0.2, 0.25) is 0 Å². The molecule has 0 aliphatic carbocycles. The summed E-state index contributed by atoms with van der Waals surface area (Å²) in [5.74, 6) is -0.830. The van der Waals surface area contributed by atoms with Crippen molar-refractivity contribution in [3.8, 4) is 0 Å². The highest BCUT2D eigenvalue weighted by Gasteiger charge is 2.35. The van der Waals surface area contributed by atoms with Gasteiger partial charge in [-0.05, 0) is 18.9 Å². The lowest BCUT2D eigenvalue weighted by Gasteiger charge is -2.10. The predicted octanol–water partition coefficient (Wildman–Crippen LogP) is 1.27. The summed E-state index contributed by atoms with van der Waals surface area (Å²) >= 11 is 0. The maximum absolute atomic E-state index is 11.9. The van der Waals surface area contributed by atoms with Gasteiger partial charge in [-0.15, -0.1) is 0 Å². The van der Waals surface area contributed by atoms with Crippen LogP contribution in [0.15, 0.2) is 30.3 Å². The summed E-state index contributed by atoms with van der Waals surface area (Å²) < 4.78 is 10.2. The van der Waals surface area contributed by atoms with Crippen LogP contribution in [-0.4, -0.2) is 31.1 Å². The van der Waals surface area contributed by atoms with E-state index in [9.17, 15) is 9.59 Å². The second-order valence-electron chi connectivity index (χ2n) is 4.74. The zero-order chi connectivity index (χ0) is 14.4. The van der Waals surface area contributed by atoms with Gasteiger partial charge in [0, 0.05) is 6.54 Å². The van der Waals surface area contributed by atoms with Crippen LogP contribution in [0.2, 0.25) is 0 Å². The number of rotatable bonds is 5. The van der Waals surface area contributed by atoms with Crippen LogP contribution in [0, 0.1) is 5.92 Å². The van der Waals surface area contributed by atoms with Gasteiger partial charge in [-0.2, -0.15) is 0 Å². The lowest BCUT2D eigenvalue weighted by Crippen LogP contribution is -2.32. The molecule has 0 aromatic heterocycles. The molecule has 1 aromatic carbocycles. The van der Waals surface area contributed by atoms with Gasteiger partial charge < -0.3 is 14.8 Å². The number of hydrogen-bond acceptors (Lipinski definition) is 5. The van der Waals surface area contributed by atoms with Crippen LogP contribution < -0.4 is 5.32 Å². The van der Waals surface area contributed by atoms with Gasteiger partial charge in [-0.3, -0.25) is 9.59 Å². The van der Waals surface area contributed by atoms with Crippen molar-refractivity contribution in [3.63, 3.8) is 0 Å². The minimum atomic E-state index is -0.423. The highest BCUT2D eigenvalue weighted by atomic mass is 16.5. The lowest BCUT2D eigenvalue weighted by atomic mass is 10.1. The molecule has 1 N–H and O–H groups in total. The molecule has 1 aliphatic rings. The Morgan fingerprint density at radius 3 is 2.65 bits per heavy atom. The maximum Gasteiger partial charge on any atom is 0.323 e. The Kier molecular flexibility index (Phi) is 5.12. The van der Waals surface area contributed by atoms with Gasteiger partial charge in [0.15, 0.2) is 0 Å². The maximum atomic E-state index is 11.9. The van der Waals surface area contributed by atoms with E-state index in [1.54, 1.807) is 6.92 Å². The SMILES string of the molecule is CCOC(=O)[C@@H]1CN[C@H](C(=O)OCc2ccccc2)C1. The Hall–Kier alpha value is -1.88. The molecular weight excluding hydrogens is 258 g/mol. The number of benzene rings is 1. The molecular formula is C15H19NO4. The molecule has 2 rings (SSSR count). The third-order valence-corrected chi connectivity index (χ3v) is 3.26. The fourth-order valence-corrected chi connectivity index (χ4v) is 2.18. The second kappa shape index (κ2) is 7.05. The normalized spacial score (nSPS) is 21.4. The number of carbonyl (C=O) groups is 2. The molecule has 0 radical (unpaired) electrons. The van der Waals surface area contributed by atoms with Crippen LogP contribution in [0.4, 0.5) is 0 Å². The van der Waals surface area contributed by atoms with Crippen molar-refractivity contribution in [2.45, 2.75) is 26.0 Å². The zero-order valence-electron chi connectivity index (χ0n) is 11.5. The minimum Gasteiger partial charge on any atom is -0.466 e. The summed E-state index contributed by atoms with van der Waals surface area (Å²) in [5.41, 5.74) is 0.945. The zero-order valence-corrected chi connectivity index (χ0v) is 11.5. The standard InChI is InChI=1S/C15H19NO4/c1-2-19-14(17)12-8-13(16-9-12)15(18)20-10-11-6-4-3-5-7-11/h3-7,12-13,16H,2,8-10H2,1H3/t12-,13-/m0/s1. The van der Waals surface area contributed by atoms with Crippen molar-refractivity contribution in [2.75, 3.05) is 13.2 Å². The molecule has 1 heterocycles.